The zero-order chi connectivity index (χ0) is 12.2. The van der Waals surface area contributed by atoms with Gasteiger partial charge in [0, 0.05) is 25.7 Å². The van der Waals surface area contributed by atoms with Crippen molar-refractivity contribution in [2.24, 2.45) is 0 Å². The van der Waals surface area contributed by atoms with Gasteiger partial charge in [-0.15, -0.1) is 0 Å². The minimum atomic E-state index is 0.0598. The number of hydrogen-bond donors (Lipinski definition) is 1. The predicted octanol–water partition coefficient (Wildman–Crippen LogP) is 2.04. The first-order chi connectivity index (χ1) is 7.44. The smallest absolute Gasteiger partial charge is 0.0710 e. The van der Waals surface area contributed by atoms with E-state index in [4.69, 9.17) is 9.84 Å². The van der Waals surface area contributed by atoms with E-state index >= 15 is 0 Å². The third-order valence-electron chi connectivity index (χ3n) is 3.33. The summed E-state index contributed by atoms with van der Waals surface area (Å²) in [4.78, 5) is 2.41. The summed E-state index contributed by atoms with van der Waals surface area (Å²) in [5.74, 6) is 0. The summed E-state index contributed by atoms with van der Waals surface area (Å²) in [5.41, 5.74) is 0.0598. The third-order valence-corrected chi connectivity index (χ3v) is 3.33. The van der Waals surface area contributed by atoms with Crippen LogP contribution in [-0.4, -0.2) is 47.4 Å². The second-order valence-corrected chi connectivity index (χ2v) is 5.70. The first kappa shape index (κ1) is 13.9. The molecule has 1 unspecified atom stereocenters. The van der Waals surface area contributed by atoms with Gasteiger partial charge in [-0.25, -0.2) is 0 Å². The third kappa shape index (κ3) is 4.40. The van der Waals surface area contributed by atoms with Gasteiger partial charge >= 0.3 is 0 Å². The van der Waals surface area contributed by atoms with Crippen molar-refractivity contribution < 1.29 is 9.84 Å². The minimum absolute atomic E-state index is 0.0598. The van der Waals surface area contributed by atoms with Crippen LogP contribution in [0.1, 0.15) is 47.0 Å². The van der Waals surface area contributed by atoms with Gasteiger partial charge in [-0.3, -0.25) is 4.90 Å². The van der Waals surface area contributed by atoms with E-state index in [1.165, 1.54) is 0 Å². The Kier molecular flexibility index (Phi) is 5.22. The van der Waals surface area contributed by atoms with Crippen LogP contribution in [0.4, 0.5) is 0 Å². The maximum absolute atomic E-state index is 8.88. The van der Waals surface area contributed by atoms with Crippen molar-refractivity contribution in [3.05, 3.63) is 0 Å². The van der Waals surface area contributed by atoms with Gasteiger partial charge in [-0.1, -0.05) is 0 Å². The molecular formula is C13H27NO2. The lowest BCUT2D eigenvalue weighted by atomic mass is 10.1. The van der Waals surface area contributed by atoms with Crippen molar-refractivity contribution >= 4 is 0 Å². The molecule has 1 saturated heterocycles. The molecule has 1 N–H and O–H groups in total. The standard InChI is InChI=1S/C13H27NO2/c1-11(2)14(8-5-9-15)10-12-6-7-13(3,4)16-12/h11-12,15H,5-10H2,1-4H3. The molecule has 0 amide bonds. The average molecular weight is 229 g/mol. The Bertz CT molecular complexity index is 204. The molecule has 0 saturated carbocycles. The molecule has 16 heavy (non-hydrogen) atoms. The minimum Gasteiger partial charge on any atom is -0.396 e. The quantitative estimate of drug-likeness (QED) is 0.756. The molecule has 0 aromatic carbocycles. The Hall–Kier alpha value is -0.120. The highest BCUT2D eigenvalue weighted by atomic mass is 16.5. The number of rotatable bonds is 6. The summed E-state index contributed by atoms with van der Waals surface area (Å²) in [6, 6.07) is 0.527. The molecule has 0 aromatic heterocycles. The Morgan fingerprint density at radius 1 is 1.44 bits per heavy atom. The van der Waals surface area contributed by atoms with E-state index < -0.39 is 0 Å². The molecule has 3 nitrogen and oxygen atoms in total. The molecule has 0 aromatic rings. The Morgan fingerprint density at radius 3 is 2.56 bits per heavy atom. The number of hydrogen-bond acceptors (Lipinski definition) is 3. The second-order valence-electron chi connectivity index (χ2n) is 5.70. The van der Waals surface area contributed by atoms with Crippen LogP contribution in [0.5, 0.6) is 0 Å². The topological polar surface area (TPSA) is 32.7 Å². The van der Waals surface area contributed by atoms with Gasteiger partial charge in [0.05, 0.1) is 11.7 Å². The molecule has 0 bridgehead atoms. The van der Waals surface area contributed by atoms with Crippen molar-refractivity contribution in [2.75, 3.05) is 19.7 Å². The van der Waals surface area contributed by atoms with E-state index in [1.807, 2.05) is 0 Å². The van der Waals surface area contributed by atoms with Crippen molar-refractivity contribution in [2.45, 2.75) is 64.7 Å². The molecular weight excluding hydrogens is 202 g/mol. The zero-order valence-corrected chi connectivity index (χ0v) is 11.2. The average Bonchev–Trinajstić information content (AvgIpc) is 2.52. The Morgan fingerprint density at radius 2 is 2.12 bits per heavy atom. The number of ether oxygens (including phenoxy) is 1. The van der Waals surface area contributed by atoms with Gasteiger partial charge in [0.25, 0.3) is 0 Å². The van der Waals surface area contributed by atoms with Crippen molar-refractivity contribution in [1.82, 2.24) is 4.90 Å². The van der Waals surface area contributed by atoms with E-state index in [-0.39, 0.29) is 12.2 Å². The highest BCUT2D eigenvalue weighted by Crippen LogP contribution is 2.29. The van der Waals surface area contributed by atoms with Crippen LogP contribution in [0.3, 0.4) is 0 Å². The van der Waals surface area contributed by atoms with Crippen LogP contribution in [-0.2, 0) is 4.74 Å². The normalized spacial score (nSPS) is 24.6. The van der Waals surface area contributed by atoms with Crippen molar-refractivity contribution in [3.63, 3.8) is 0 Å². The molecule has 0 aliphatic carbocycles. The molecule has 3 heteroatoms. The summed E-state index contributed by atoms with van der Waals surface area (Å²) in [6.45, 7) is 11.0. The second kappa shape index (κ2) is 5.99. The fourth-order valence-corrected chi connectivity index (χ4v) is 2.30. The summed E-state index contributed by atoms with van der Waals surface area (Å²) >= 11 is 0. The predicted molar refractivity (Wildman–Crippen MR) is 66.6 cm³/mol. The van der Waals surface area contributed by atoms with E-state index in [0.29, 0.717) is 12.1 Å². The molecule has 0 radical (unpaired) electrons. The summed E-state index contributed by atoms with van der Waals surface area (Å²) in [5, 5.41) is 8.88. The first-order valence-corrected chi connectivity index (χ1v) is 6.47. The zero-order valence-electron chi connectivity index (χ0n) is 11.2. The maximum atomic E-state index is 8.88. The molecule has 0 spiro atoms. The summed E-state index contributed by atoms with van der Waals surface area (Å²) < 4.78 is 6.01. The summed E-state index contributed by atoms with van der Waals surface area (Å²) in [7, 11) is 0. The molecule has 1 aliphatic heterocycles. The van der Waals surface area contributed by atoms with Gasteiger partial charge in [0.15, 0.2) is 0 Å². The molecule has 1 fully saturated rings. The maximum Gasteiger partial charge on any atom is 0.0710 e. The molecule has 1 rings (SSSR count). The lowest BCUT2D eigenvalue weighted by Gasteiger charge is -2.29. The van der Waals surface area contributed by atoms with E-state index in [0.717, 1.165) is 32.4 Å². The van der Waals surface area contributed by atoms with E-state index in [9.17, 15) is 0 Å². The van der Waals surface area contributed by atoms with Crippen molar-refractivity contribution in [3.8, 4) is 0 Å². The fourth-order valence-electron chi connectivity index (χ4n) is 2.30. The van der Waals surface area contributed by atoms with Gasteiger partial charge in [0.1, 0.15) is 0 Å². The number of nitrogens with zero attached hydrogens (tertiary/aromatic N) is 1. The molecule has 1 atom stereocenters. The van der Waals surface area contributed by atoms with Crippen LogP contribution in [0, 0.1) is 0 Å². The monoisotopic (exact) mass is 229 g/mol. The van der Waals surface area contributed by atoms with Crippen molar-refractivity contribution in [1.29, 1.82) is 0 Å². The van der Waals surface area contributed by atoms with Gasteiger partial charge < -0.3 is 9.84 Å². The fraction of sp³-hybridized carbons (Fsp3) is 1.00. The van der Waals surface area contributed by atoms with Crippen LogP contribution in [0.25, 0.3) is 0 Å². The first-order valence-electron chi connectivity index (χ1n) is 6.47. The Balaban J connectivity index is 2.37. The highest BCUT2D eigenvalue weighted by molar-refractivity contribution is 4.83. The van der Waals surface area contributed by atoms with Crippen LogP contribution < -0.4 is 0 Å². The van der Waals surface area contributed by atoms with Crippen LogP contribution in [0.15, 0.2) is 0 Å². The Labute approximate surface area is 99.8 Å². The van der Waals surface area contributed by atoms with Crippen LogP contribution in [0.2, 0.25) is 0 Å². The van der Waals surface area contributed by atoms with E-state index in [1.54, 1.807) is 0 Å². The van der Waals surface area contributed by atoms with Gasteiger partial charge in [-0.05, 0) is 47.0 Å². The highest BCUT2D eigenvalue weighted by Gasteiger charge is 2.32. The van der Waals surface area contributed by atoms with E-state index in [2.05, 4.69) is 32.6 Å². The van der Waals surface area contributed by atoms with Crippen LogP contribution >= 0.6 is 0 Å². The summed E-state index contributed by atoms with van der Waals surface area (Å²) in [6.07, 6.45) is 3.55. The number of aliphatic hydroxyl groups excluding tert-OH is 1. The molecule has 1 aliphatic rings. The van der Waals surface area contributed by atoms with Gasteiger partial charge in [0.2, 0.25) is 0 Å². The lowest BCUT2D eigenvalue weighted by Crippen LogP contribution is -2.39. The SMILES string of the molecule is CC(C)N(CCCO)CC1CCC(C)(C)O1. The largest absolute Gasteiger partial charge is 0.396 e. The molecule has 1 heterocycles. The molecule has 96 valence electrons. The number of aliphatic hydroxyl groups is 1. The lowest BCUT2D eigenvalue weighted by molar-refractivity contribution is -0.0326. The van der Waals surface area contributed by atoms with Gasteiger partial charge in [-0.2, -0.15) is 0 Å².